The van der Waals surface area contributed by atoms with Gasteiger partial charge in [0.25, 0.3) is 5.91 Å². The van der Waals surface area contributed by atoms with Gasteiger partial charge in [-0.15, -0.1) is 0 Å². The molecule has 0 saturated heterocycles. The number of hydrogen-bond acceptors (Lipinski definition) is 5. The van der Waals surface area contributed by atoms with Crippen LogP contribution in [-0.2, 0) is 13.2 Å². The van der Waals surface area contributed by atoms with Crippen LogP contribution >= 0.6 is 0 Å². The van der Waals surface area contributed by atoms with E-state index in [1.165, 1.54) is 11.1 Å². The van der Waals surface area contributed by atoms with Gasteiger partial charge in [0.15, 0.2) is 11.5 Å². The highest BCUT2D eigenvalue weighted by molar-refractivity contribution is 6.03. The normalized spacial score (nSPS) is 10.9. The number of hydrogen-bond donors (Lipinski definition) is 1. The molecule has 0 aliphatic rings. The summed E-state index contributed by atoms with van der Waals surface area (Å²) in [4.78, 5) is 13.0. The third kappa shape index (κ3) is 4.82. The summed E-state index contributed by atoms with van der Waals surface area (Å²) in [6.07, 6.45) is 0. The van der Waals surface area contributed by atoms with E-state index in [1.54, 1.807) is 6.92 Å². The van der Waals surface area contributed by atoms with Gasteiger partial charge in [-0.3, -0.25) is 9.48 Å². The van der Waals surface area contributed by atoms with E-state index in [0.29, 0.717) is 23.7 Å². The highest BCUT2D eigenvalue weighted by Gasteiger charge is 2.22. The summed E-state index contributed by atoms with van der Waals surface area (Å²) >= 11 is 0. The van der Waals surface area contributed by atoms with Gasteiger partial charge in [0.1, 0.15) is 18.1 Å². The van der Waals surface area contributed by atoms with Gasteiger partial charge >= 0.3 is 0 Å². The molecule has 33 heavy (non-hydrogen) atoms. The van der Waals surface area contributed by atoms with Crippen LogP contribution in [0.1, 0.15) is 49.8 Å². The number of aryl methyl sites for hydroxylation is 4. The molecule has 2 heterocycles. The van der Waals surface area contributed by atoms with Crippen LogP contribution in [0.15, 0.2) is 53.1 Å². The molecular formula is C26H28N4O3. The molecule has 7 heteroatoms. The number of amides is 1. The van der Waals surface area contributed by atoms with Crippen molar-refractivity contribution in [3.05, 3.63) is 93.5 Å². The minimum Gasteiger partial charge on any atom is -0.488 e. The summed E-state index contributed by atoms with van der Waals surface area (Å²) in [7, 11) is 0. The molecule has 7 nitrogen and oxygen atoms in total. The van der Waals surface area contributed by atoms with Crippen molar-refractivity contribution >= 4 is 11.7 Å². The van der Waals surface area contributed by atoms with E-state index in [2.05, 4.69) is 34.6 Å². The summed E-state index contributed by atoms with van der Waals surface area (Å²) in [6.45, 7) is 10.7. The Morgan fingerprint density at radius 1 is 1.03 bits per heavy atom. The number of rotatable bonds is 7. The first-order chi connectivity index (χ1) is 15.8. The Kier molecular flexibility index (Phi) is 6.31. The van der Waals surface area contributed by atoms with Crippen LogP contribution in [0.5, 0.6) is 5.75 Å². The molecule has 2 aromatic carbocycles. The van der Waals surface area contributed by atoms with Crippen LogP contribution in [0.2, 0.25) is 0 Å². The number of benzene rings is 2. The van der Waals surface area contributed by atoms with E-state index >= 15 is 0 Å². The topological polar surface area (TPSA) is 82.2 Å². The maximum atomic E-state index is 13.0. The van der Waals surface area contributed by atoms with E-state index in [0.717, 1.165) is 22.6 Å². The molecule has 1 amide bonds. The Morgan fingerprint density at radius 3 is 2.58 bits per heavy atom. The highest BCUT2D eigenvalue weighted by atomic mass is 16.5. The van der Waals surface area contributed by atoms with Gasteiger partial charge in [0.05, 0.1) is 12.1 Å². The van der Waals surface area contributed by atoms with Crippen LogP contribution in [0.25, 0.3) is 0 Å². The molecule has 4 rings (SSSR count). The third-order valence-electron chi connectivity index (χ3n) is 5.93. The number of ether oxygens (including phenoxy) is 1. The number of aromatic nitrogens is 3. The molecule has 170 valence electrons. The molecule has 0 bridgehead atoms. The minimum atomic E-state index is -0.382. The average molecular weight is 445 g/mol. The van der Waals surface area contributed by atoms with E-state index in [1.807, 2.05) is 61.9 Å². The zero-order valence-electron chi connectivity index (χ0n) is 19.6. The first kappa shape index (κ1) is 22.3. The zero-order chi connectivity index (χ0) is 23.5. The standard InChI is InChI=1S/C26H28N4O3/c1-16-10-8-12-23(19(16)4)32-15-22-20(5)33-29-25(22)26(31)27-24-13-18(3)30(28-24)14-21-11-7-6-9-17(21)2/h6-13H,14-15H2,1-5H3,(H,27,28,31). The lowest BCUT2D eigenvalue weighted by Gasteiger charge is -2.11. The lowest BCUT2D eigenvalue weighted by atomic mass is 10.1. The van der Waals surface area contributed by atoms with Crippen molar-refractivity contribution in [2.45, 2.75) is 47.8 Å². The van der Waals surface area contributed by atoms with Gasteiger partial charge in [0.2, 0.25) is 0 Å². The second kappa shape index (κ2) is 9.32. The Hall–Kier alpha value is -3.87. The van der Waals surface area contributed by atoms with E-state index in [9.17, 15) is 4.79 Å². The van der Waals surface area contributed by atoms with Gasteiger partial charge < -0.3 is 14.6 Å². The molecule has 1 N–H and O–H groups in total. The van der Waals surface area contributed by atoms with Crippen LogP contribution in [0.3, 0.4) is 0 Å². The van der Waals surface area contributed by atoms with Gasteiger partial charge in [0, 0.05) is 11.8 Å². The fraction of sp³-hybridized carbons (Fsp3) is 0.269. The van der Waals surface area contributed by atoms with Crippen LogP contribution < -0.4 is 10.1 Å². The predicted molar refractivity (Wildman–Crippen MR) is 127 cm³/mol. The van der Waals surface area contributed by atoms with Crippen LogP contribution in [0, 0.1) is 34.6 Å². The fourth-order valence-corrected chi connectivity index (χ4v) is 3.63. The van der Waals surface area contributed by atoms with Crippen molar-refractivity contribution in [2.75, 3.05) is 5.32 Å². The van der Waals surface area contributed by atoms with Crippen molar-refractivity contribution in [1.29, 1.82) is 0 Å². The molecule has 0 fully saturated rings. The maximum absolute atomic E-state index is 13.0. The molecule has 0 aliphatic heterocycles. The lowest BCUT2D eigenvalue weighted by Crippen LogP contribution is -2.16. The summed E-state index contributed by atoms with van der Waals surface area (Å²) in [5.74, 6) is 1.40. The summed E-state index contributed by atoms with van der Waals surface area (Å²) in [6, 6.07) is 15.9. The summed E-state index contributed by atoms with van der Waals surface area (Å²) in [5.41, 5.74) is 6.34. The number of anilines is 1. The molecule has 4 aromatic rings. The Labute approximate surface area is 193 Å². The Morgan fingerprint density at radius 2 is 1.79 bits per heavy atom. The summed E-state index contributed by atoms with van der Waals surface area (Å²) < 4.78 is 13.2. The molecule has 0 spiro atoms. The van der Waals surface area contributed by atoms with Gasteiger partial charge in [-0.1, -0.05) is 41.6 Å². The van der Waals surface area contributed by atoms with Crippen LogP contribution in [0.4, 0.5) is 5.82 Å². The predicted octanol–water partition coefficient (Wildman–Crippen LogP) is 5.29. The zero-order valence-corrected chi connectivity index (χ0v) is 19.6. The van der Waals surface area contributed by atoms with Crippen molar-refractivity contribution in [2.24, 2.45) is 0 Å². The molecular weight excluding hydrogens is 416 g/mol. The SMILES string of the molecule is Cc1ccccc1Cn1nc(NC(=O)c2noc(C)c2COc2cccc(C)c2C)cc1C. The van der Waals surface area contributed by atoms with Crippen molar-refractivity contribution < 1.29 is 14.1 Å². The van der Waals surface area contributed by atoms with Gasteiger partial charge in [-0.25, -0.2) is 0 Å². The van der Waals surface area contributed by atoms with E-state index < -0.39 is 0 Å². The van der Waals surface area contributed by atoms with Gasteiger partial charge in [-0.05, 0) is 62.9 Å². The smallest absolute Gasteiger partial charge is 0.279 e. The van der Waals surface area contributed by atoms with Crippen LogP contribution in [-0.4, -0.2) is 20.8 Å². The monoisotopic (exact) mass is 444 g/mol. The van der Waals surface area contributed by atoms with Crippen molar-refractivity contribution in [3.8, 4) is 5.75 Å². The Balaban J connectivity index is 1.48. The lowest BCUT2D eigenvalue weighted by molar-refractivity contribution is 0.101. The van der Waals surface area contributed by atoms with Crippen molar-refractivity contribution in [3.63, 3.8) is 0 Å². The first-order valence-electron chi connectivity index (χ1n) is 10.9. The van der Waals surface area contributed by atoms with Crippen molar-refractivity contribution in [1.82, 2.24) is 14.9 Å². The second-order valence-electron chi connectivity index (χ2n) is 8.26. The number of nitrogens with zero attached hydrogens (tertiary/aromatic N) is 3. The highest BCUT2D eigenvalue weighted by Crippen LogP contribution is 2.24. The molecule has 0 atom stereocenters. The molecule has 0 unspecified atom stereocenters. The number of carbonyl (C=O) groups is 1. The average Bonchev–Trinajstić information content (AvgIpc) is 3.32. The first-order valence-corrected chi connectivity index (χ1v) is 10.9. The summed E-state index contributed by atoms with van der Waals surface area (Å²) in [5, 5.41) is 11.4. The quantitative estimate of drug-likeness (QED) is 0.419. The van der Waals surface area contributed by atoms with E-state index in [-0.39, 0.29) is 18.2 Å². The molecule has 0 radical (unpaired) electrons. The molecule has 2 aromatic heterocycles. The largest absolute Gasteiger partial charge is 0.488 e. The minimum absolute atomic E-state index is 0.184. The number of nitrogens with one attached hydrogen (secondary N) is 1. The number of carbonyl (C=O) groups excluding carboxylic acids is 1. The maximum Gasteiger partial charge on any atom is 0.279 e. The molecule has 0 aliphatic carbocycles. The fourth-order valence-electron chi connectivity index (χ4n) is 3.63. The molecule has 0 saturated carbocycles. The van der Waals surface area contributed by atoms with Gasteiger partial charge in [-0.2, -0.15) is 5.10 Å². The van der Waals surface area contributed by atoms with E-state index in [4.69, 9.17) is 9.26 Å². The Bertz CT molecular complexity index is 1300. The third-order valence-corrected chi connectivity index (χ3v) is 5.93. The second-order valence-corrected chi connectivity index (χ2v) is 8.26.